The van der Waals surface area contributed by atoms with E-state index in [9.17, 15) is 0 Å². The molecule has 4 nitrogen and oxygen atoms in total. The van der Waals surface area contributed by atoms with Crippen LogP contribution in [-0.4, -0.2) is 11.6 Å². The molecule has 0 aliphatic rings. The second kappa shape index (κ2) is 6.41. The largest absolute Gasteiger partial charge is 0.494 e. The molecule has 19 heavy (non-hydrogen) atoms. The second-order valence-electron chi connectivity index (χ2n) is 3.80. The van der Waals surface area contributed by atoms with E-state index in [1.165, 1.54) is 0 Å². The van der Waals surface area contributed by atoms with Gasteiger partial charge in [0.2, 0.25) is 5.88 Å². The molecule has 2 aromatic rings. The molecule has 2 rings (SSSR count). The van der Waals surface area contributed by atoms with E-state index in [1.807, 2.05) is 25.1 Å². The molecule has 0 spiro atoms. The third-order valence-corrected chi connectivity index (χ3v) is 2.89. The predicted octanol–water partition coefficient (Wildman–Crippen LogP) is 3.38. The molecule has 1 aromatic heterocycles. The molecule has 0 saturated carbocycles. The van der Waals surface area contributed by atoms with Gasteiger partial charge in [-0.3, -0.25) is 0 Å². The summed E-state index contributed by atoms with van der Waals surface area (Å²) in [4.78, 5) is 4.11. The maximum Gasteiger partial charge on any atom is 0.238 e. The van der Waals surface area contributed by atoms with Gasteiger partial charge >= 0.3 is 0 Å². The molecule has 1 aromatic carbocycles. The molecule has 1 heterocycles. The van der Waals surface area contributed by atoms with Gasteiger partial charge in [0, 0.05) is 18.8 Å². The van der Waals surface area contributed by atoms with Crippen LogP contribution in [0.4, 0.5) is 0 Å². The van der Waals surface area contributed by atoms with E-state index >= 15 is 0 Å². The van der Waals surface area contributed by atoms with Crippen molar-refractivity contribution < 1.29 is 9.47 Å². The number of pyridine rings is 1. The topological polar surface area (TPSA) is 57.4 Å². The van der Waals surface area contributed by atoms with Gasteiger partial charge in [-0.1, -0.05) is 17.7 Å². The quantitative estimate of drug-likeness (QED) is 0.911. The van der Waals surface area contributed by atoms with Crippen LogP contribution in [0.25, 0.3) is 0 Å². The van der Waals surface area contributed by atoms with Gasteiger partial charge in [0.25, 0.3) is 0 Å². The number of hydrogen-bond donors (Lipinski definition) is 1. The smallest absolute Gasteiger partial charge is 0.238 e. The number of nitrogens with zero attached hydrogens (tertiary/aromatic N) is 1. The summed E-state index contributed by atoms with van der Waals surface area (Å²) in [5.41, 5.74) is 6.39. The predicted molar refractivity (Wildman–Crippen MR) is 74.8 cm³/mol. The fourth-order valence-electron chi connectivity index (χ4n) is 1.60. The number of nitrogens with two attached hydrogens (primary N) is 1. The summed E-state index contributed by atoms with van der Waals surface area (Å²) >= 11 is 6.16. The van der Waals surface area contributed by atoms with Crippen LogP contribution in [0.15, 0.2) is 36.5 Å². The van der Waals surface area contributed by atoms with Gasteiger partial charge in [-0.15, -0.1) is 0 Å². The van der Waals surface area contributed by atoms with E-state index in [0.717, 1.165) is 11.3 Å². The molecule has 0 bridgehead atoms. The van der Waals surface area contributed by atoms with E-state index in [1.54, 1.807) is 18.3 Å². The molecule has 0 unspecified atom stereocenters. The van der Waals surface area contributed by atoms with Crippen LogP contribution < -0.4 is 15.2 Å². The van der Waals surface area contributed by atoms with Crippen molar-refractivity contribution in [1.82, 2.24) is 4.98 Å². The van der Waals surface area contributed by atoms with Gasteiger partial charge in [0.05, 0.1) is 6.61 Å². The Morgan fingerprint density at radius 1 is 1.26 bits per heavy atom. The highest BCUT2D eigenvalue weighted by atomic mass is 35.5. The fraction of sp³-hybridized carbons (Fsp3) is 0.214. The summed E-state index contributed by atoms with van der Waals surface area (Å²) in [6, 6.07) is 9.08. The van der Waals surface area contributed by atoms with Crippen molar-refractivity contribution in [3.8, 4) is 17.4 Å². The maximum atomic E-state index is 6.16. The lowest BCUT2D eigenvalue weighted by molar-refractivity contribution is 0.338. The second-order valence-corrected chi connectivity index (χ2v) is 4.18. The van der Waals surface area contributed by atoms with Crippen LogP contribution in [0.1, 0.15) is 12.5 Å². The Bertz CT molecular complexity index is 561. The van der Waals surface area contributed by atoms with Crippen LogP contribution >= 0.6 is 11.6 Å². The van der Waals surface area contributed by atoms with E-state index in [0.29, 0.717) is 29.8 Å². The van der Waals surface area contributed by atoms with Crippen molar-refractivity contribution in [2.75, 3.05) is 6.61 Å². The third-order valence-electron chi connectivity index (χ3n) is 2.49. The zero-order chi connectivity index (χ0) is 13.7. The van der Waals surface area contributed by atoms with Crippen molar-refractivity contribution >= 4 is 11.6 Å². The van der Waals surface area contributed by atoms with Crippen molar-refractivity contribution in [1.29, 1.82) is 0 Å². The minimum absolute atomic E-state index is 0.344. The first-order valence-electron chi connectivity index (χ1n) is 5.98. The van der Waals surface area contributed by atoms with Crippen LogP contribution in [-0.2, 0) is 6.54 Å². The Morgan fingerprint density at radius 2 is 2.05 bits per heavy atom. The first kappa shape index (κ1) is 13.6. The summed E-state index contributed by atoms with van der Waals surface area (Å²) in [5, 5.41) is 0.437. The van der Waals surface area contributed by atoms with Gasteiger partial charge in [-0.2, -0.15) is 0 Å². The zero-order valence-corrected chi connectivity index (χ0v) is 11.4. The Labute approximate surface area is 117 Å². The SMILES string of the molecule is CCOc1cccc(Oc2nccc(CN)c2Cl)c1. The van der Waals surface area contributed by atoms with Crippen molar-refractivity contribution in [3.63, 3.8) is 0 Å². The zero-order valence-electron chi connectivity index (χ0n) is 10.6. The minimum atomic E-state index is 0.344. The third kappa shape index (κ3) is 3.36. The van der Waals surface area contributed by atoms with Gasteiger partial charge < -0.3 is 15.2 Å². The molecule has 0 atom stereocenters. The summed E-state index contributed by atoms with van der Waals surface area (Å²) in [5.74, 6) is 1.71. The van der Waals surface area contributed by atoms with Crippen molar-refractivity contribution in [3.05, 3.63) is 47.1 Å². The molecule has 0 fully saturated rings. The summed E-state index contributed by atoms with van der Waals surface area (Å²) < 4.78 is 11.1. The molecule has 0 amide bonds. The minimum Gasteiger partial charge on any atom is -0.494 e. The van der Waals surface area contributed by atoms with Crippen LogP contribution in [0, 0.1) is 0 Å². The maximum absolute atomic E-state index is 6.16. The van der Waals surface area contributed by atoms with Gasteiger partial charge in [0.15, 0.2) is 0 Å². The van der Waals surface area contributed by atoms with Gasteiger partial charge in [-0.25, -0.2) is 4.98 Å². The molecule has 0 aliphatic heterocycles. The van der Waals surface area contributed by atoms with E-state index in [-0.39, 0.29) is 0 Å². The molecule has 0 saturated heterocycles. The van der Waals surface area contributed by atoms with E-state index in [4.69, 9.17) is 26.8 Å². The Hall–Kier alpha value is -1.78. The molecule has 5 heteroatoms. The standard InChI is InChI=1S/C14H15ClN2O2/c1-2-18-11-4-3-5-12(8-11)19-14-13(15)10(9-16)6-7-17-14/h3-8H,2,9,16H2,1H3. The van der Waals surface area contributed by atoms with Crippen LogP contribution in [0.2, 0.25) is 5.02 Å². The summed E-state index contributed by atoms with van der Waals surface area (Å²) in [7, 11) is 0. The van der Waals surface area contributed by atoms with Gasteiger partial charge in [0.1, 0.15) is 16.5 Å². The van der Waals surface area contributed by atoms with E-state index < -0.39 is 0 Å². The summed E-state index contributed by atoms with van der Waals surface area (Å²) in [6.45, 7) is 2.87. The Morgan fingerprint density at radius 3 is 2.79 bits per heavy atom. The van der Waals surface area contributed by atoms with Crippen molar-refractivity contribution in [2.45, 2.75) is 13.5 Å². The fourth-order valence-corrected chi connectivity index (χ4v) is 1.82. The van der Waals surface area contributed by atoms with Crippen LogP contribution in [0.5, 0.6) is 17.4 Å². The molecular formula is C14H15ClN2O2. The molecule has 2 N–H and O–H groups in total. The highest BCUT2D eigenvalue weighted by molar-refractivity contribution is 6.32. The first-order valence-corrected chi connectivity index (χ1v) is 6.36. The highest BCUT2D eigenvalue weighted by Gasteiger charge is 2.09. The number of aromatic nitrogens is 1. The average molecular weight is 279 g/mol. The number of halogens is 1. The van der Waals surface area contributed by atoms with Crippen molar-refractivity contribution in [2.24, 2.45) is 5.73 Å². The monoisotopic (exact) mass is 278 g/mol. The lowest BCUT2D eigenvalue weighted by atomic mass is 10.2. The normalized spacial score (nSPS) is 10.3. The number of hydrogen-bond acceptors (Lipinski definition) is 4. The Balaban J connectivity index is 2.23. The molecule has 100 valence electrons. The molecule has 0 aliphatic carbocycles. The number of benzene rings is 1. The number of ether oxygens (including phenoxy) is 2. The lowest BCUT2D eigenvalue weighted by Gasteiger charge is -2.10. The van der Waals surface area contributed by atoms with E-state index in [2.05, 4.69) is 4.98 Å². The molecule has 0 radical (unpaired) electrons. The average Bonchev–Trinajstić information content (AvgIpc) is 2.42. The van der Waals surface area contributed by atoms with Gasteiger partial charge in [-0.05, 0) is 30.7 Å². The molecular weight excluding hydrogens is 264 g/mol. The van der Waals surface area contributed by atoms with Crippen LogP contribution in [0.3, 0.4) is 0 Å². The Kier molecular flexibility index (Phi) is 4.60. The first-order chi connectivity index (χ1) is 9.24. The summed E-state index contributed by atoms with van der Waals surface area (Å²) in [6.07, 6.45) is 1.62. The number of rotatable bonds is 5. The lowest BCUT2D eigenvalue weighted by Crippen LogP contribution is -1.99. The highest BCUT2D eigenvalue weighted by Crippen LogP contribution is 2.30.